The van der Waals surface area contributed by atoms with E-state index < -0.39 is 45.6 Å². The van der Waals surface area contributed by atoms with Gasteiger partial charge in [-0.15, -0.1) is 0 Å². The highest BCUT2D eigenvalue weighted by Crippen LogP contribution is 2.30. The number of ether oxygens (including phenoxy) is 3. The molecule has 0 saturated heterocycles. The summed E-state index contributed by atoms with van der Waals surface area (Å²) in [7, 11) is -4.52. The molecule has 25 heavy (non-hydrogen) atoms. The average Bonchev–Trinajstić information content (AvgIpc) is 2.49. The van der Waals surface area contributed by atoms with Gasteiger partial charge < -0.3 is 18.4 Å². The largest absolute Gasteiger partial charge is 0.534 e. The fourth-order valence-electron chi connectivity index (χ4n) is 1.41. The highest BCUT2D eigenvalue weighted by Gasteiger charge is 2.48. The van der Waals surface area contributed by atoms with Crippen LogP contribution in [0.5, 0.6) is 5.75 Å². The van der Waals surface area contributed by atoms with E-state index in [1.165, 1.54) is 7.11 Å². The lowest BCUT2D eigenvalue weighted by molar-refractivity contribution is -0.0500. The molecule has 0 aliphatic carbocycles. The summed E-state index contributed by atoms with van der Waals surface area (Å²) < 4.78 is 103. The molecule has 0 bridgehead atoms. The van der Waals surface area contributed by atoms with Crippen molar-refractivity contribution in [3.05, 3.63) is 35.9 Å². The number of alkyl halides is 3. The fraction of sp³-hybridized carbons (Fsp3) is 0.385. The summed E-state index contributed by atoms with van der Waals surface area (Å²) in [6.07, 6.45) is -2.29. The van der Waals surface area contributed by atoms with Gasteiger partial charge in [-0.05, 0) is 12.1 Å². The minimum Gasteiger partial charge on any atom is -0.461 e. The molecule has 0 aromatic heterocycles. The third kappa shape index (κ3) is 6.48. The zero-order valence-corrected chi connectivity index (χ0v) is 13.5. The van der Waals surface area contributed by atoms with Gasteiger partial charge in [0.15, 0.2) is 12.6 Å². The number of benzene rings is 1. The summed E-state index contributed by atoms with van der Waals surface area (Å²) >= 11 is 0. The molecule has 0 atom stereocenters. The summed E-state index contributed by atoms with van der Waals surface area (Å²) in [5.74, 6) is -1.80. The first-order valence-electron chi connectivity index (χ1n) is 6.44. The van der Waals surface area contributed by atoms with Crippen molar-refractivity contribution in [2.45, 2.75) is 5.51 Å². The highest BCUT2D eigenvalue weighted by molar-refractivity contribution is 7.88. The lowest BCUT2D eigenvalue weighted by Crippen LogP contribution is -2.28. The van der Waals surface area contributed by atoms with Crippen molar-refractivity contribution in [1.29, 1.82) is 0 Å². The van der Waals surface area contributed by atoms with Crippen molar-refractivity contribution >= 4 is 15.9 Å². The third-order valence-corrected chi connectivity index (χ3v) is 3.45. The molecule has 6 nitrogen and oxygen atoms in total. The van der Waals surface area contributed by atoms with Crippen LogP contribution in [0, 0.1) is 0 Å². The topological polar surface area (TPSA) is 71.1 Å². The van der Waals surface area contributed by atoms with Gasteiger partial charge in [0.2, 0.25) is 0 Å². The Balaban J connectivity index is 2.92. The zero-order chi connectivity index (χ0) is 19.1. The van der Waals surface area contributed by atoms with Crippen LogP contribution in [0.4, 0.5) is 22.0 Å². The van der Waals surface area contributed by atoms with E-state index in [9.17, 15) is 30.4 Å². The molecule has 0 radical (unpaired) electrons. The molecule has 0 saturated carbocycles. The van der Waals surface area contributed by atoms with Gasteiger partial charge in [0.25, 0.3) is 0 Å². The van der Waals surface area contributed by atoms with Gasteiger partial charge in [-0.1, -0.05) is 12.1 Å². The van der Waals surface area contributed by atoms with Gasteiger partial charge in [-0.2, -0.15) is 30.4 Å². The number of halogens is 5. The van der Waals surface area contributed by atoms with Crippen LogP contribution in [0.15, 0.2) is 30.3 Å². The van der Waals surface area contributed by atoms with Crippen LogP contribution < -0.4 is 4.18 Å². The Bertz CT molecular complexity index is 697. The molecule has 0 fully saturated rings. The van der Waals surface area contributed by atoms with Gasteiger partial charge in [-0.3, -0.25) is 0 Å². The first-order chi connectivity index (χ1) is 11.6. The predicted octanol–water partition coefficient (Wildman–Crippen LogP) is 3.12. The number of hydrogen-bond acceptors (Lipinski definition) is 6. The molecule has 1 rings (SSSR count). The molecule has 1 aromatic rings. The first-order valence-corrected chi connectivity index (χ1v) is 7.85. The fourth-order valence-corrected chi connectivity index (χ4v) is 1.86. The summed E-state index contributed by atoms with van der Waals surface area (Å²) in [6, 6.07) is 3.61. The van der Waals surface area contributed by atoms with E-state index in [-0.39, 0.29) is 13.2 Å². The van der Waals surface area contributed by atoms with Crippen LogP contribution in [-0.2, 0) is 24.3 Å². The van der Waals surface area contributed by atoms with Gasteiger partial charge >= 0.3 is 21.7 Å². The van der Waals surface area contributed by atoms with Crippen molar-refractivity contribution < 1.29 is 48.8 Å². The Morgan fingerprint density at radius 3 is 2.40 bits per heavy atom. The van der Waals surface area contributed by atoms with Crippen molar-refractivity contribution in [2.75, 3.05) is 27.1 Å². The lowest BCUT2D eigenvalue weighted by atomic mass is 10.2. The van der Waals surface area contributed by atoms with Crippen LogP contribution in [-0.4, -0.2) is 41.0 Å². The summed E-state index contributed by atoms with van der Waals surface area (Å²) in [5.41, 5.74) is -6.05. The number of hydrogen-bond donors (Lipinski definition) is 0. The molecular weight excluding hydrogens is 379 g/mol. The van der Waals surface area contributed by atoms with Crippen molar-refractivity contribution in [3.8, 4) is 5.75 Å². The quantitative estimate of drug-likeness (QED) is 0.161. The minimum absolute atomic E-state index is 0.0602. The van der Waals surface area contributed by atoms with Crippen LogP contribution in [0.2, 0.25) is 0 Å². The second-order valence-corrected chi connectivity index (χ2v) is 5.80. The second kappa shape index (κ2) is 8.97. The molecule has 0 unspecified atom stereocenters. The van der Waals surface area contributed by atoms with E-state index in [1.54, 1.807) is 0 Å². The maximum Gasteiger partial charge on any atom is 0.534 e. The van der Waals surface area contributed by atoms with E-state index in [0.717, 1.165) is 18.2 Å². The SMILES string of the molecule is COCCOCOC(=C(F)F)c1cccc(OS(=O)(=O)C(F)(F)F)c1. The van der Waals surface area contributed by atoms with Gasteiger partial charge in [0, 0.05) is 12.7 Å². The Morgan fingerprint density at radius 2 is 1.84 bits per heavy atom. The lowest BCUT2D eigenvalue weighted by Gasteiger charge is -2.12. The number of rotatable bonds is 9. The average molecular weight is 392 g/mol. The summed E-state index contributed by atoms with van der Waals surface area (Å²) in [4.78, 5) is 0. The van der Waals surface area contributed by atoms with Crippen LogP contribution in [0.3, 0.4) is 0 Å². The molecule has 0 aliphatic heterocycles. The standard InChI is InChI=1S/C13H13F5O6S/c1-21-5-6-22-8-23-11(12(14)15)9-3-2-4-10(7-9)24-25(19,20)13(16,17)18/h2-4,7H,5-6,8H2,1H3. The molecule has 0 amide bonds. The van der Waals surface area contributed by atoms with Gasteiger partial charge in [0.1, 0.15) is 5.75 Å². The smallest absolute Gasteiger partial charge is 0.461 e. The van der Waals surface area contributed by atoms with Crippen molar-refractivity contribution in [3.63, 3.8) is 0 Å². The van der Waals surface area contributed by atoms with Crippen molar-refractivity contribution in [2.24, 2.45) is 0 Å². The maximum absolute atomic E-state index is 13.0. The number of methoxy groups -OCH3 is 1. The zero-order valence-electron chi connectivity index (χ0n) is 12.7. The van der Waals surface area contributed by atoms with Gasteiger partial charge in [0.05, 0.1) is 13.2 Å². The highest BCUT2D eigenvalue weighted by atomic mass is 32.2. The Morgan fingerprint density at radius 1 is 1.16 bits per heavy atom. The van der Waals surface area contributed by atoms with Crippen LogP contribution >= 0.6 is 0 Å². The molecule has 0 heterocycles. The molecule has 0 spiro atoms. The van der Waals surface area contributed by atoms with E-state index in [4.69, 9.17) is 9.47 Å². The third-order valence-electron chi connectivity index (χ3n) is 2.48. The van der Waals surface area contributed by atoms with E-state index in [1.807, 2.05) is 0 Å². The molecule has 0 N–H and O–H groups in total. The molecule has 0 aliphatic rings. The normalized spacial score (nSPS) is 11.9. The second-order valence-electron chi connectivity index (χ2n) is 4.26. The van der Waals surface area contributed by atoms with E-state index in [2.05, 4.69) is 8.92 Å². The van der Waals surface area contributed by atoms with Crippen LogP contribution in [0.1, 0.15) is 5.56 Å². The minimum atomic E-state index is -5.92. The first kappa shape index (κ1) is 21.1. The van der Waals surface area contributed by atoms with Crippen LogP contribution in [0.25, 0.3) is 5.76 Å². The van der Waals surface area contributed by atoms with E-state index >= 15 is 0 Å². The predicted molar refractivity (Wildman–Crippen MR) is 75.0 cm³/mol. The Kier molecular flexibility index (Phi) is 7.58. The summed E-state index contributed by atoms with van der Waals surface area (Å²) in [6.45, 7) is -0.328. The monoisotopic (exact) mass is 392 g/mol. The van der Waals surface area contributed by atoms with E-state index in [0.29, 0.717) is 6.07 Å². The molecular formula is C13H13F5O6S. The Hall–Kier alpha value is -1.92. The maximum atomic E-state index is 13.0. The molecule has 1 aromatic carbocycles. The summed E-state index contributed by atoms with van der Waals surface area (Å²) in [5, 5.41) is 0. The van der Waals surface area contributed by atoms with Crippen molar-refractivity contribution in [1.82, 2.24) is 0 Å². The molecule has 142 valence electrons. The Labute approximate surface area is 139 Å². The molecule has 12 heteroatoms. The van der Waals surface area contributed by atoms with Gasteiger partial charge in [-0.25, -0.2) is 0 Å².